The molecule has 6 heteroatoms. The maximum absolute atomic E-state index is 12.5. The van der Waals surface area contributed by atoms with E-state index < -0.39 is 0 Å². The number of benzene rings is 1. The first kappa shape index (κ1) is 16.3. The highest BCUT2D eigenvalue weighted by Crippen LogP contribution is 2.36. The molecule has 2 heterocycles. The minimum atomic E-state index is -0.0116. The second-order valence-electron chi connectivity index (χ2n) is 6.84. The van der Waals surface area contributed by atoms with Crippen molar-refractivity contribution >= 4 is 39.1 Å². The van der Waals surface area contributed by atoms with Gasteiger partial charge in [0, 0.05) is 17.5 Å². The van der Waals surface area contributed by atoms with Gasteiger partial charge < -0.3 is 10.6 Å². The lowest BCUT2D eigenvalue weighted by molar-refractivity contribution is 0.0938. The van der Waals surface area contributed by atoms with Crippen LogP contribution in [-0.2, 0) is 0 Å². The van der Waals surface area contributed by atoms with Crippen LogP contribution in [0.5, 0.6) is 0 Å². The molecule has 1 saturated carbocycles. The van der Waals surface area contributed by atoms with Crippen molar-refractivity contribution in [3.63, 3.8) is 0 Å². The Morgan fingerprint density at radius 3 is 2.71 bits per heavy atom. The number of aromatic nitrogens is 1. The van der Waals surface area contributed by atoms with Crippen molar-refractivity contribution in [1.29, 1.82) is 0 Å². The molecule has 2 aliphatic rings. The molecule has 0 atom stereocenters. The molecule has 2 fully saturated rings. The van der Waals surface area contributed by atoms with Crippen LogP contribution in [0.3, 0.4) is 0 Å². The van der Waals surface area contributed by atoms with Crippen LogP contribution in [0.2, 0.25) is 5.02 Å². The van der Waals surface area contributed by atoms with Gasteiger partial charge in [-0.15, -0.1) is 11.3 Å². The van der Waals surface area contributed by atoms with Gasteiger partial charge >= 0.3 is 0 Å². The Labute approximate surface area is 151 Å². The summed E-state index contributed by atoms with van der Waals surface area (Å²) in [5.41, 5.74) is 1.49. The maximum atomic E-state index is 12.5. The first-order chi connectivity index (χ1) is 11.7. The molecular formula is C18H22ClN3OS. The zero-order valence-corrected chi connectivity index (χ0v) is 15.2. The van der Waals surface area contributed by atoms with Gasteiger partial charge in [-0.1, -0.05) is 24.4 Å². The topological polar surface area (TPSA) is 54.0 Å². The maximum Gasteiger partial charge on any atom is 0.251 e. The first-order valence-corrected chi connectivity index (χ1v) is 10.0. The van der Waals surface area contributed by atoms with Gasteiger partial charge in [0.15, 0.2) is 0 Å². The SMILES string of the molecule is O=C(NC1CCCC1)c1cc(Cl)c2nc(C3CCNCC3)sc2c1. The zero-order valence-electron chi connectivity index (χ0n) is 13.6. The summed E-state index contributed by atoms with van der Waals surface area (Å²) >= 11 is 8.12. The molecule has 4 nitrogen and oxygen atoms in total. The summed E-state index contributed by atoms with van der Waals surface area (Å²) in [6.07, 6.45) is 6.82. The summed E-state index contributed by atoms with van der Waals surface area (Å²) in [5.74, 6) is 0.498. The number of rotatable bonds is 3. The van der Waals surface area contributed by atoms with Crippen LogP contribution in [-0.4, -0.2) is 30.0 Å². The number of nitrogens with one attached hydrogen (secondary N) is 2. The number of carbonyl (C=O) groups excluding carboxylic acids is 1. The van der Waals surface area contributed by atoms with Gasteiger partial charge in [-0.05, 0) is 50.9 Å². The average Bonchev–Trinajstić information content (AvgIpc) is 3.25. The highest BCUT2D eigenvalue weighted by Gasteiger charge is 2.22. The number of hydrogen-bond acceptors (Lipinski definition) is 4. The van der Waals surface area contributed by atoms with E-state index in [4.69, 9.17) is 16.6 Å². The van der Waals surface area contributed by atoms with E-state index in [1.807, 2.05) is 6.07 Å². The third kappa shape index (κ3) is 3.30. The van der Waals surface area contributed by atoms with Gasteiger partial charge in [0.05, 0.1) is 14.7 Å². The fraction of sp³-hybridized carbons (Fsp3) is 0.556. The third-order valence-electron chi connectivity index (χ3n) is 5.11. The van der Waals surface area contributed by atoms with Crippen molar-refractivity contribution in [2.75, 3.05) is 13.1 Å². The molecule has 24 heavy (non-hydrogen) atoms. The largest absolute Gasteiger partial charge is 0.349 e. The summed E-state index contributed by atoms with van der Waals surface area (Å²) in [6.45, 7) is 2.09. The molecule has 1 aliphatic carbocycles. The Morgan fingerprint density at radius 1 is 1.21 bits per heavy atom. The van der Waals surface area contributed by atoms with E-state index in [-0.39, 0.29) is 5.91 Å². The number of amides is 1. The molecular weight excluding hydrogens is 342 g/mol. The molecule has 0 unspecified atom stereocenters. The monoisotopic (exact) mass is 363 g/mol. The van der Waals surface area contributed by atoms with Crippen LogP contribution in [0.25, 0.3) is 10.2 Å². The highest BCUT2D eigenvalue weighted by atomic mass is 35.5. The summed E-state index contributed by atoms with van der Waals surface area (Å²) in [7, 11) is 0. The van der Waals surface area contributed by atoms with Crippen LogP contribution in [0, 0.1) is 0 Å². The second-order valence-corrected chi connectivity index (χ2v) is 8.31. The van der Waals surface area contributed by atoms with E-state index in [2.05, 4.69) is 10.6 Å². The average molecular weight is 364 g/mol. The molecule has 2 N–H and O–H groups in total. The van der Waals surface area contributed by atoms with Crippen LogP contribution in [0.4, 0.5) is 0 Å². The Hall–Kier alpha value is -1.17. The van der Waals surface area contributed by atoms with Crippen LogP contribution in [0.15, 0.2) is 12.1 Å². The molecule has 1 saturated heterocycles. The zero-order chi connectivity index (χ0) is 16.5. The van der Waals surface area contributed by atoms with E-state index in [1.165, 1.54) is 12.8 Å². The van der Waals surface area contributed by atoms with Gasteiger partial charge in [-0.3, -0.25) is 4.79 Å². The molecule has 128 valence electrons. The molecule has 2 aromatic rings. The molecule has 0 spiro atoms. The normalized spacial score (nSPS) is 19.9. The number of hydrogen-bond donors (Lipinski definition) is 2. The Balaban J connectivity index is 1.59. The minimum Gasteiger partial charge on any atom is -0.349 e. The number of piperidine rings is 1. The molecule has 0 radical (unpaired) electrons. The first-order valence-electron chi connectivity index (χ1n) is 8.82. The van der Waals surface area contributed by atoms with Crippen molar-refractivity contribution in [3.8, 4) is 0 Å². The number of carbonyl (C=O) groups is 1. The number of fused-ring (bicyclic) bond motifs is 1. The molecule has 1 aromatic heterocycles. The van der Waals surface area contributed by atoms with Crippen molar-refractivity contribution in [3.05, 3.63) is 27.7 Å². The smallest absolute Gasteiger partial charge is 0.251 e. The van der Waals surface area contributed by atoms with Crippen molar-refractivity contribution < 1.29 is 4.79 Å². The van der Waals surface area contributed by atoms with Crippen molar-refractivity contribution in [1.82, 2.24) is 15.6 Å². The Morgan fingerprint density at radius 2 is 1.96 bits per heavy atom. The fourth-order valence-electron chi connectivity index (χ4n) is 3.72. The van der Waals surface area contributed by atoms with Gasteiger partial charge in [0.25, 0.3) is 5.91 Å². The van der Waals surface area contributed by atoms with E-state index in [1.54, 1.807) is 17.4 Å². The van der Waals surface area contributed by atoms with E-state index >= 15 is 0 Å². The lowest BCUT2D eigenvalue weighted by Crippen LogP contribution is -2.32. The summed E-state index contributed by atoms with van der Waals surface area (Å²) in [5, 5.41) is 8.26. The second kappa shape index (κ2) is 6.98. The third-order valence-corrected chi connectivity index (χ3v) is 6.56. The van der Waals surface area contributed by atoms with Crippen LogP contribution in [0.1, 0.15) is 59.8 Å². The van der Waals surface area contributed by atoms with E-state index in [0.717, 1.165) is 54.0 Å². The van der Waals surface area contributed by atoms with Gasteiger partial charge in [0.2, 0.25) is 0 Å². The number of thiazole rings is 1. The lowest BCUT2D eigenvalue weighted by Gasteiger charge is -2.20. The molecule has 1 amide bonds. The number of halogens is 1. The summed E-state index contributed by atoms with van der Waals surface area (Å²) in [4.78, 5) is 17.3. The van der Waals surface area contributed by atoms with E-state index in [9.17, 15) is 4.79 Å². The van der Waals surface area contributed by atoms with Gasteiger partial charge in [-0.25, -0.2) is 4.98 Å². The lowest BCUT2D eigenvalue weighted by atomic mass is 9.99. The fourth-order valence-corrected chi connectivity index (χ4v) is 5.24. The quantitative estimate of drug-likeness (QED) is 0.863. The predicted molar refractivity (Wildman–Crippen MR) is 99.2 cm³/mol. The summed E-state index contributed by atoms with van der Waals surface area (Å²) < 4.78 is 1.02. The molecule has 4 rings (SSSR count). The van der Waals surface area contributed by atoms with Crippen molar-refractivity contribution in [2.24, 2.45) is 0 Å². The summed E-state index contributed by atoms with van der Waals surface area (Å²) in [6, 6.07) is 4.03. The van der Waals surface area contributed by atoms with Crippen molar-refractivity contribution in [2.45, 2.75) is 50.5 Å². The van der Waals surface area contributed by atoms with Gasteiger partial charge in [-0.2, -0.15) is 0 Å². The Bertz CT molecular complexity index is 748. The number of nitrogens with zero attached hydrogens (tertiary/aromatic N) is 1. The standard InChI is InChI=1S/C18H22ClN3OS/c19-14-9-12(17(23)21-13-3-1-2-4-13)10-15-16(14)22-18(24-15)11-5-7-20-8-6-11/h9-11,13,20H,1-8H2,(H,21,23). The van der Waals surface area contributed by atoms with Crippen LogP contribution >= 0.6 is 22.9 Å². The van der Waals surface area contributed by atoms with Gasteiger partial charge in [0.1, 0.15) is 5.52 Å². The molecule has 0 bridgehead atoms. The van der Waals surface area contributed by atoms with Crippen LogP contribution < -0.4 is 10.6 Å². The highest BCUT2D eigenvalue weighted by molar-refractivity contribution is 7.18. The molecule has 1 aromatic carbocycles. The minimum absolute atomic E-state index is 0.0116. The molecule has 1 aliphatic heterocycles. The predicted octanol–water partition coefficient (Wildman–Crippen LogP) is 4.09. The van der Waals surface area contributed by atoms with E-state index in [0.29, 0.717) is 22.5 Å². The Kier molecular flexibility index (Phi) is 4.74.